The van der Waals surface area contributed by atoms with Gasteiger partial charge in [0.25, 0.3) is 0 Å². The molecule has 0 aliphatic carbocycles. The van der Waals surface area contributed by atoms with E-state index in [1.807, 2.05) is 7.11 Å². The van der Waals surface area contributed by atoms with E-state index in [1.165, 1.54) is 51.9 Å². The molecule has 2 rings (SSSR count). The molecule has 2 saturated heterocycles. The number of ether oxygens (including phenoxy) is 1. The molecule has 2 heterocycles. The van der Waals surface area contributed by atoms with Crippen LogP contribution in [0.5, 0.6) is 0 Å². The van der Waals surface area contributed by atoms with Gasteiger partial charge in [-0.2, -0.15) is 0 Å². The summed E-state index contributed by atoms with van der Waals surface area (Å²) in [6.07, 6.45) is 5.89. The Morgan fingerprint density at radius 3 is 2.94 bits per heavy atom. The van der Waals surface area contributed by atoms with Crippen LogP contribution in [0, 0.1) is 11.8 Å². The molecule has 3 heteroatoms. The summed E-state index contributed by atoms with van der Waals surface area (Å²) in [6, 6.07) is 0. The molecule has 1 N–H and O–H groups in total. The first-order chi connectivity index (χ1) is 8.29. The Morgan fingerprint density at radius 1 is 1.35 bits per heavy atom. The second-order valence-electron chi connectivity index (χ2n) is 5.84. The summed E-state index contributed by atoms with van der Waals surface area (Å²) in [5.74, 6) is 1.64. The molecule has 3 atom stereocenters. The third-order valence-electron chi connectivity index (χ3n) is 4.53. The summed E-state index contributed by atoms with van der Waals surface area (Å²) in [4.78, 5) is 2.60. The summed E-state index contributed by atoms with van der Waals surface area (Å²) in [7, 11) is 1.86. The highest BCUT2D eigenvalue weighted by Gasteiger charge is 2.26. The second kappa shape index (κ2) is 6.72. The maximum Gasteiger partial charge on any atom is 0.0724 e. The van der Waals surface area contributed by atoms with E-state index in [9.17, 15) is 0 Å². The van der Waals surface area contributed by atoms with Crippen LogP contribution in [0.3, 0.4) is 0 Å². The third-order valence-corrected chi connectivity index (χ3v) is 4.53. The lowest BCUT2D eigenvalue weighted by Crippen LogP contribution is -2.44. The zero-order chi connectivity index (χ0) is 12.1. The van der Waals surface area contributed by atoms with E-state index in [-0.39, 0.29) is 0 Å². The van der Waals surface area contributed by atoms with Crippen molar-refractivity contribution in [1.29, 1.82) is 0 Å². The summed E-state index contributed by atoms with van der Waals surface area (Å²) < 4.78 is 5.57. The van der Waals surface area contributed by atoms with Crippen molar-refractivity contribution in [2.24, 2.45) is 11.8 Å². The quantitative estimate of drug-likeness (QED) is 0.810. The van der Waals surface area contributed by atoms with Crippen LogP contribution in [0.2, 0.25) is 0 Å². The fourth-order valence-electron chi connectivity index (χ4n) is 3.14. The van der Waals surface area contributed by atoms with Crippen molar-refractivity contribution in [2.75, 3.05) is 39.8 Å². The fraction of sp³-hybridized carbons (Fsp3) is 1.00. The Balaban J connectivity index is 1.68. The predicted octanol–water partition coefficient (Wildman–Crippen LogP) is 1.73. The van der Waals surface area contributed by atoms with E-state index >= 15 is 0 Å². The monoisotopic (exact) mass is 240 g/mol. The summed E-state index contributed by atoms with van der Waals surface area (Å²) >= 11 is 0. The highest BCUT2D eigenvalue weighted by Crippen LogP contribution is 2.21. The number of methoxy groups -OCH3 is 1. The molecule has 0 amide bonds. The maximum absolute atomic E-state index is 5.57. The van der Waals surface area contributed by atoms with E-state index in [4.69, 9.17) is 4.74 Å². The summed E-state index contributed by atoms with van der Waals surface area (Å²) in [6.45, 7) is 8.44. The van der Waals surface area contributed by atoms with Crippen LogP contribution in [0.4, 0.5) is 0 Å². The maximum atomic E-state index is 5.57. The number of hydrogen-bond acceptors (Lipinski definition) is 3. The standard InChI is InChI=1S/C14H28N2O/c1-12-5-8-16(11-14(12)17-2)9-6-13-4-3-7-15-10-13/h12-15H,3-11H2,1-2H3. The van der Waals surface area contributed by atoms with Crippen LogP contribution < -0.4 is 5.32 Å². The molecule has 0 aromatic heterocycles. The van der Waals surface area contributed by atoms with Crippen molar-refractivity contribution < 1.29 is 4.74 Å². The summed E-state index contributed by atoms with van der Waals surface area (Å²) in [5, 5.41) is 3.51. The van der Waals surface area contributed by atoms with Gasteiger partial charge in [-0.3, -0.25) is 0 Å². The predicted molar refractivity (Wildman–Crippen MR) is 71.2 cm³/mol. The minimum atomic E-state index is 0.452. The van der Waals surface area contributed by atoms with Crippen molar-refractivity contribution in [3.05, 3.63) is 0 Å². The largest absolute Gasteiger partial charge is 0.380 e. The third kappa shape index (κ3) is 3.94. The Morgan fingerprint density at radius 2 is 2.24 bits per heavy atom. The van der Waals surface area contributed by atoms with Crippen molar-refractivity contribution in [2.45, 2.75) is 38.7 Å². The molecule has 0 aromatic carbocycles. The molecule has 0 bridgehead atoms. The topological polar surface area (TPSA) is 24.5 Å². The molecular formula is C14H28N2O. The normalized spacial score (nSPS) is 36.0. The van der Waals surface area contributed by atoms with Gasteiger partial charge in [0.1, 0.15) is 0 Å². The molecule has 2 aliphatic heterocycles. The highest BCUT2D eigenvalue weighted by molar-refractivity contribution is 4.79. The SMILES string of the molecule is COC1CN(CCC2CCCNC2)CCC1C. The van der Waals surface area contributed by atoms with E-state index < -0.39 is 0 Å². The number of nitrogens with one attached hydrogen (secondary N) is 1. The molecule has 2 fully saturated rings. The first-order valence-electron chi connectivity index (χ1n) is 7.25. The van der Waals surface area contributed by atoms with Crippen LogP contribution in [0.15, 0.2) is 0 Å². The highest BCUT2D eigenvalue weighted by atomic mass is 16.5. The Hall–Kier alpha value is -0.120. The van der Waals surface area contributed by atoms with Crippen molar-refractivity contribution in [1.82, 2.24) is 10.2 Å². The first kappa shape index (κ1) is 13.3. The van der Waals surface area contributed by atoms with Crippen LogP contribution in [0.1, 0.15) is 32.6 Å². The molecule has 3 nitrogen and oxygen atoms in total. The minimum Gasteiger partial charge on any atom is -0.380 e. The molecular weight excluding hydrogens is 212 g/mol. The Labute approximate surface area is 106 Å². The van der Waals surface area contributed by atoms with Gasteiger partial charge in [0.15, 0.2) is 0 Å². The number of hydrogen-bond donors (Lipinski definition) is 1. The van der Waals surface area contributed by atoms with Gasteiger partial charge in [-0.05, 0) is 63.7 Å². The molecule has 2 aliphatic rings. The zero-order valence-electron chi connectivity index (χ0n) is 11.5. The fourth-order valence-corrected chi connectivity index (χ4v) is 3.14. The molecule has 0 saturated carbocycles. The summed E-state index contributed by atoms with van der Waals surface area (Å²) in [5.41, 5.74) is 0. The van der Waals surface area contributed by atoms with Gasteiger partial charge in [-0.15, -0.1) is 0 Å². The molecule has 0 spiro atoms. The zero-order valence-corrected chi connectivity index (χ0v) is 11.5. The van der Waals surface area contributed by atoms with Gasteiger partial charge < -0.3 is 15.0 Å². The number of likely N-dealkylation sites (tertiary alicyclic amines) is 1. The van der Waals surface area contributed by atoms with Gasteiger partial charge in [-0.1, -0.05) is 6.92 Å². The van der Waals surface area contributed by atoms with E-state index in [1.54, 1.807) is 0 Å². The lowest BCUT2D eigenvalue weighted by atomic mass is 9.93. The number of rotatable bonds is 4. The van der Waals surface area contributed by atoms with Gasteiger partial charge in [-0.25, -0.2) is 0 Å². The van der Waals surface area contributed by atoms with Crippen molar-refractivity contribution in [3.8, 4) is 0 Å². The lowest BCUT2D eigenvalue weighted by molar-refractivity contribution is -0.00649. The van der Waals surface area contributed by atoms with Crippen LogP contribution in [-0.4, -0.2) is 50.8 Å². The van der Waals surface area contributed by atoms with E-state index in [2.05, 4.69) is 17.1 Å². The van der Waals surface area contributed by atoms with E-state index in [0.717, 1.165) is 18.4 Å². The van der Waals surface area contributed by atoms with Gasteiger partial charge in [0.2, 0.25) is 0 Å². The van der Waals surface area contributed by atoms with Crippen LogP contribution in [0.25, 0.3) is 0 Å². The average molecular weight is 240 g/mol. The molecule has 17 heavy (non-hydrogen) atoms. The second-order valence-corrected chi connectivity index (χ2v) is 5.84. The molecule has 3 unspecified atom stereocenters. The van der Waals surface area contributed by atoms with Gasteiger partial charge in [0.05, 0.1) is 6.10 Å². The van der Waals surface area contributed by atoms with Gasteiger partial charge in [0, 0.05) is 13.7 Å². The van der Waals surface area contributed by atoms with Gasteiger partial charge >= 0.3 is 0 Å². The smallest absolute Gasteiger partial charge is 0.0724 e. The molecule has 0 radical (unpaired) electrons. The Kier molecular flexibility index (Phi) is 5.26. The van der Waals surface area contributed by atoms with Crippen molar-refractivity contribution >= 4 is 0 Å². The van der Waals surface area contributed by atoms with Crippen LogP contribution >= 0.6 is 0 Å². The van der Waals surface area contributed by atoms with Crippen LogP contribution in [-0.2, 0) is 4.74 Å². The average Bonchev–Trinajstić information content (AvgIpc) is 2.39. The van der Waals surface area contributed by atoms with Crippen molar-refractivity contribution in [3.63, 3.8) is 0 Å². The molecule has 100 valence electrons. The van der Waals surface area contributed by atoms with E-state index in [0.29, 0.717) is 6.10 Å². The first-order valence-corrected chi connectivity index (χ1v) is 7.25. The Bertz CT molecular complexity index is 216. The molecule has 0 aromatic rings. The lowest BCUT2D eigenvalue weighted by Gasteiger charge is -2.37. The number of nitrogens with zero attached hydrogens (tertiary/aromatic N) is 1. The minimum absolute atomic E-state index is 0.452. The number of piperidine rings is 2.